The van der Waals surface area contributed by atoms with Crippen LogP contribution >= 0.6 is 7.60 Å². The predicted molar refractivity (Wildman–Crippen MR) is 104 cm³/mol. The number of phenolic OH excluding ortho intramolecular Hbond substituents is 1. The van der Waals surface area contributed by atoms with Gasteiger partial charge in [-0.2, -0.15) is 0 Å². The van der Waals surface area contributed by atoms with E-state index in [0.717, 1.165) is 22.3 Å². The molecule has 0 aromatic heterocycles. The van der Waals surface area contributed by atoms with Gasteiger partial charge < -0.3 is 20.3 Å². The van der Waals surface area contributed by atoms with Crippen molar-refractivity contribution in [3.8, 4) is 11.5 Å². The molecule has 4 N–H and O–H groups in total. The van der Waals surface area contributed by atoms with E-state index in [-0.39, 0.29) is 16.6 Å². The molecule has 0 saturated heterocycles. The van der Waals surface area contributed by atoms with E-state index in [1.54, 1.807) is 0 Å². The van der Waals surface area contributed by atoms with Crippen molar-refractivity contribution in [1.82, 2.24) is 0 Å². The molecular weight excluding hydrogens is 337 g/mol. The molecule has 144 valence electrons. The van der Waals surface area contributed by atoms with E-state index in [1.165, 1.54) is 0 Å². The third kappa shape index (κ3) is 4.58. The van der Waals surface area contributed by atoms with Gasteiger partial charge in [0.1, 0.15) is 17.8 Å². The number of rotatable bonds is 5. The van der Waals surface area contributed by atoms with Gasteiger partial charge in [0.15, 0.2) is 0 Å². The van der Waals surface area contributed by atoms with Gasteiger partial charge in [-0.15, -0.1) is 0 Å². The summed E-state index contributed by atoms with van der Waals surface area (Å²) in [6.45, 7) is 16.0. The summed E-state index contributed by atoms with van der Waals surface area (Å²) in [6, 6.07) is 0. The lowest BCUT2D eigenvalue weighted by Crippen LogP contribution is -2.22. The number of nitrogens with two attached hydrogens (primary N) is 1. The zero-order chi connectivity index (χ0) is 19.8. The third-order valence-electron chi connectivity index (χ3n) is 4.30. The van der Waals surface area contributed by atoms with E-state index in [0.29, 0.717) is 18.6 Å². The summed E-state index contributed by atoms with van der Waals surface area (Å²) in [5, 5.41) is 11.2. The van der Waals surface area contributed by atoms with Crippen LogP contribution in [0.25, 0.3) is 0 Å². The second-order valence-electron chi connectivity index (χ2n) is 8.50. The largest absolute Gasteiger partial charge is 0.507 e. The van der Waals surface area contributed by atoms with Gasteiger partial charge in [-0.1, -0.05) is 55.4 Å². The highest BCUT2D eigenvalue weighted by Crippen LogP contribution is 2.52. The van der Waals surface area contributed by atoms with Crippen molar-refractivity contribution in [3.63, 3.8) is 0 Å². The molecule has 0 spiro atoms. The van der Waals surface area contributed by atoms with E-state index in [9.17, 15) is 14.6 Å². The SMILES string of the molecule is CCc1c(OP(=O)(O)CN)c(CC)c(C(C)(C)C)c(O)c1C(C)(C)C. The molecule has 6 heteroatoms. The fourth-order valence-electron chi connectivity index (χ4n) is 3.40. The first-order chi connectivity index (χ1) is 11.2. The minimum absolute atomic E-state index is 0.265. The fourth-order valence-corrected chi connectivity index (χ4v) is 3.98. The van der Waals surface area contributed by atoms with Crippen LogP contribution in [0.4, 0.5) is 0 Å². The Bertz CT molecular complexity index is 641. The van der Waals surface area contributed by atoms with Gasteiger partial charge in [-0.3, -0.25) is 0 Å². The Hall–Kier alpha value is -1.03. The number of hydrogen-bond acceptors (Lipinski definition) is 4. The summed E-state index contributed by atoms with van der Waals surface area (Å²) in [6.07, 6.45) is 0.713. The molecule has 1 aromatic rings. The Morgan fingerprint density at radius 3 is 1.56 bits per heavy atom. The molecule has 0 aliphatic heterocycles. The first kappa shape index (κ1) is 22.0. The van der Waals surface area contributed by atoms with Gasteiger partial charge in [0, 0.05) is 22.3 Å². The van der Waals surface area contributed by atoms with Crippen molar-refractivity contribution in [3.05, 3.63) is 22.3 Å². The van der Waals surface area contributed by atoms with Crippen LogP contribution < -0.4 is 10.3 Å². The van der Waals surface area contributed by atoms with E-state index in [1.807, 2.05) is 55.4 Å². The lowest BCUT2D eigenvalue weighted by atomic mass is 9.74. The molecule has 25 heavy (non-hydrogen) atoms. The average Bonchev–Trinajstić information content (AvgIpc) is 2.44. The number of aromatic hydroxyl groups is 1. The molecule has 1 atom stereocenters. The quantitative estimate of drug-likeness (QED) is 0.658. The number of benzene rings is 1. The zero-order valence-electron chi connectivity index (χ0n) is 16.9. The molecule has 0 radical (unpaired) electrons. The van der Waals surface area contributed by atoms with Gasteiger partial charge in [0.05, 0.1) is 0 Å². The first-order valence-electron chi connectivity index (χ1n) is 8.84. The molecule has 0 fully saturated rings. The molecule has 5 nitrogen and oxygen atoms in total. The maximum Gasteiger partial charge on any atom is 0.390 e. The summed E-state index contributed by atoms with van der Waals surface area (Å²) in [5.74, 6) is 0.676. The summed E-state index contributed by atoms with van der Waals surface area (Å²) in [5.41, 5.74) is 7.82. The maximum atomic E-state index is 12.2. The van der Waals surface area contributed by atoms with Crippen LogP contribution in [0.2, 0.25) is 0 Å². The molecule has 0 amide bonds. The van der Waals surface area contributed by atoms with Crippen molar-refractivity contribution in [1.29, 1.82) is 0 Å². The molecule has 0 aliphatic carbocycles. The number of phenols is 1. The second kappa shape index (κ2) is 7.30. The molecule has 1 aromatic carbocycles. The van der Waals surface area contributed by atoms with Crippen LogP contribution in [0.15, 0.2) is 0 Å². The zero-order valence-corrected chi connectivity index (χ0v) is 17.8. The van der Waals surface area contributed by atoms with Crippen LogP contribution in [-0.2, 0) is 28.2 Å². The van der Waals surface area contributed by atoms with Crippen LogP contribution in [0.5, 0.6) is 11.5 Å². The monoisotopic (exact) mass is 371 g/mol. The summed E-state index contributed by atoms with van der Waals surface area (Å²) >= 11 is 0. The van der Waals surface area contributed by atoms with Gasteiger partial charge in [-0.05, 0) is 23.7 Å². The lowest BCUT2D eigenvalue weighted by molar-refractivity contribution is 0.370. The highest BCUT2D eigenvalue weighted by molar-refractivity contribution is 7.53. The van der Waals surface area contributed by atoms with Crippen molar-refractivity contribution in [2.75, 3.05) is 6.29 Å². The summed E-state index contributed by atoms with van der Waals surface area (Å²) in [7, 11) is -3.94. The van der Waals surface area contributed by atoms with Gasteiger partial charge in [0.2, 0.25) is 0 Å². The topological polar surface area (TPSA) is 92.8 Å². The number of hydrogen-bond donors (Lipinski definition) is 3. The van der Waals surface area contributed by atoms with Gasteiger partial charge in [-0.25, -0.2) is 4.57 Å². The van der Waals surface area contributed by atoms with Crippen molar-refractivity contribution >= 4 is 7.60 Å². The standard InChI is InChI=1S/C19H34NO4P/c1-9-12-14(18(3,4)5)16(21)15(19(6,7)8)13(10-2)17(12)24-25(22,23)11-20/h21H,9-11,20H2,1-8H3,(H,22,23). The van der Waals surface area contributed by atoms with E-state index >= 15 is 0 Å². The van der Waals surface area contributed by atoms with Gasteiger partial charge in [0.25, 0.3) is 0 Å². The summed E-state index contributed by atoms with van der Waals surface area (Å²) in [4.78, 5) is 10.0. The normalized spacial score (nSPS) is 15.1. The molecule has 0 bridgehead atoms. The Kier molecular flexibility index (Phi) is 6.43. The first-order valence-corrected chi connectivity index (χ1v) is 10.6. The minimum Gasteiger partial charge on any atom is -0.507 e. The Balaban J connectivity index is 4.06. The molecular formula is C19H34NO4P. The highest BCUT2D eigenvalue weighted by atomic mass is 31.2. The van der Waals surface area contributed by atoms with Crippen LogP contribution in [0.1, 0.15) is 77.6 Å². The Labute approximate surface area is 152 Å². The fraction of sp³-hybridized carbons (Fsp3) is 0.684. The Morgan fingerprint density at radius 1 is 0.960 bits per heavy atom. The van der Waals surface area contributed by atoms with Crippen molar-refractivity contribution in [2.24, 2.45) is 5.73 Å². The molecule has 0 saturated carbocycles. The smallest absolute Gasteiger partial charge is 0.390 e. The molecule has 0 aliphatic rings. The third-order valence-corrected chi connectivity index (χ3v) is 5.23. The van der Waals surface area contributed by atoms with E-state index < -0.39 is 13.9 Å². The van der Waals surface area contributed by atoms with E-state index in [2.05, 4.69) is 0 Å². The van der Waals surface area contributed by atoms with Gasteiger partial charge >= 0.3 is 7.60 Å². The van der Waals surface area contributed by atoms with Crippen LogP contribution in [0, 0.1) is 0 Å². The molecule has 0 heterocycles. The molecule has 1 unspecified atom stereocenters. The highest BCUT2D eigenvalue weighted by Gasteiger charge is 2.35. The summed E-state index contributed by atoms with van der Waals surface area (Å²) < 4.78 is 17.8. The van der Waals surface area contributed by atoms with Crippen LogP contribution in [0.3, 0.4) is 0 Å². The maximum absolute atomic E-state index is 12.2. The van der Waals surface area contributed by atoms with E-state index in [4.69, 9.17) is 10.3 Å². The lowest BCUT2D eigenvalue weighted by Gasteiger charge is -2.34. The van der Waals surface area contributed by atoms with Crippen molar-refractivity contribution < 1.29 is 19.1 Å². The molecule has 1 rings (SSSR count). The van der Waals surface area contributed by atoms with Crippen molar-refractivity contribution in [2.45, 2.75) is 79.1 Å². The average molecular weight is 371 g/mol. The predicted octanol–water partition coefficient (Wildman–Crippen LogP) is 4.59. The second-order valence-corrected chi connectivity index (χ2v) is 10.3. The Morgan fingerprint density at radius 2 is 1.32 bits per heavy atom. The minimum atomic E-state index is -3.94. The van der Waals surface area contributed by atoms with Crippen LogP contribution in [-0.4, -0.2) is 16.3 Å².